The minimum atomic E-state index is -3.34. The zero-order valence-corrected chi connectivity index (χ0v) is 14.7. The lowest BCUT2D eigenvalue weighted by atomic mass is 10.4. The van der Waals surface area contributed by atoms with Crippen molar-refractivity contribution in [2.45, 2.75) is 33.3 Å². The molecule has 2 rings (SSSR count). The van der Waals surface area contributed by atoms with E-state index < -0.39 is 31.4 Å². The van der Waals surface area contributed by atoms with Gasteiger partial charge in [-0.15, -0.1) is 0 Å². The van der Waals surface area contributed by atoms with Gasteiger partial charge in [-0.3, -0.25) is 18.9 Å². The van der Waals surface area contributed by atoms with Crippen LogP contribution in [0.5, 0.6) is 0 Å². The van der Waals surface area contributed by atoms with Crippen LogP contribution in [0.1, 0.15) is 25.6 Å². The summed E-state index contributed by atoms with van der Waals surface area (Å²) in [6.45, 7) is 5.46. The highest BCUT2D eigenvalue weighted by Crippen LogP contribution is 2.48. The van der Waals surface area contributed by atoms with Crippen LogP contribution in [0.3, 0.4) is 0 Å². The molecule has 0 aliphatic carbocycles. The number of nitrogens with one attached hydrogen (secondary N) is 1. The van der Waals surface area contributed by atoms with Crippen LogP contribution in [0.4, 0.5) is 0 Å². The van der Waals surface area contributed by atoms with Gasteiger partial charge in [0.15, 0.2) is 18.9 Å². The van der Waals surface area contributed by atoms with Gasteiger partial charge in [-0.05, 0) is 32.9 Å². The molecule has 2 atom stereocenters. The quantitative estimate of drug-likeness (QED) is 0.553. The summed E-state index contributed by atoms with van der Waals surface area (Å²) in [6, 6.07) is 0. The van der Waals surface area contributed by atoms with Crippen molar-refractivity contribution in [1.82, 2.24) is 9.55 Å². The molecule has 0 radical (unpaired) electrons. The Labute approximate surface area is 138 Å². The Hall–Kier alpha value is -1.51. The second kappa shape index (κ2) is 8.04. The Kier molecular flexibility index (Phi) is 6.31. The molecule has 9 nitrogen and oxygen atoms in total. The average molecular weight is 360 g/mol. The molecule has 1 aromatic rings. The molecule has 2 unspecified atom stereocenters. The number of aromatic amines is 1. The molecule has 0 saturated carbocycles. The summed E-state index contributed by atoms with van der Waals surface area (Å²) in [5, 5.41) is 0. The van der Waals surface area contributed by atoms with Crippen LogP contribution in [0.2, 0.25) is 0 Å². The number of hydrogen-bond donors (Lipinski definition) is 1. The Morgan fingerprint density at radius 1 is 1.25 bits per heavy atom. The summed E-state index contributed by atoms with van der Waals surface area (Å²) >= 11 is 0. The number of aryl methyl sites for hydroxylation is 1. The maximum Gasteiger partial charge on any atom is 0.356 e. The standard InChI is InChI=1S/C14H21N2O7P/c1-4-21-24(19,22-5-2)9-20-12-7-6-11(23-12)16-8-10(3)13(17)15-14(16)18/h6-8,11-12H,4-5,9H2,1-3H3,(H,15,17,18). The van der Waals surface area contributed by atoms with Gasteiger partial charge in [0, 0.05) is 11.8 Å². The lowest BCUT2D eigenvalue weighted by Crippen LogP contribution is -2.33. The molecule has 0 saturated heterocycles. The molecule has 0 amide bonds. The fourth-order valence-electron chi connectivity index (χ4n) is 2.11. The van der Waals surface area contributed by atoms with Gasteiger partial charge < -0.3 is 18.5 Å². The SMILES string of the molecule is CCOP(=O)(COC1C=CC(n2cc(C)c(=O)[nH]c2=O)O1)OCC. The minimum Gasteiger partial charge on any atom is -0.336 e. The molecule has 1 aromatic heterocycles. The number of H-pyrrole nitrogens is 1. The van der Waals surface area contributed by atoms with E-state index in [4.69, 9.17) is 18.5 Å². The first-order valence-electron chi connectivity index (χ1n) is 7.54. The van der Waals surface area contributed by atoms with Gasteiger partial charge >= 0.3 is 13.3 Å². The van der Waals surface area contributed by atoms with Crippen molar-refractivity contribution in [3.8, 4) is 0 Å². The van der Waals surface area contributed by atoms with Gasteiger partial charge in [0.1, 0.15) is 0 Å². The molecular weight excluding hydrogens is 339 g/mol. The summed E-state index contributed by atoms with van der Waals surface area (Å²) in [7, 11) is -3.34. The van der Waals surface area contributed by atoms with E-state index in [9.17, 15) is 14.2 Å². The summed E-state index contributed by atoms with van der Waals surface area (Å²) < 4.78 is 34.8. The molecule has 1 N–H and O–H groups in total. The van der Waals surface area contributed by atoms with Crippen molar-refractivity contribution in [2.75, 3.05) is 19.6 Å². The fraction of sp³-hybridized carbons (Fsp3) is 0.571. The van der Waals surface area contributed by atoms with E-state index in [1.807, 2.05) is 0 Å². The fourth-order valence-corrected chi connectivity index (χ4v) is 3.45. The number of ether oxygens (including phenoxy) is 2. The summed E-state index contributed by atoms with van der Waals surface area (Å²) in [5.41, 5.74) is -0.649. The highest BCUT2D eigenvalue weighted by molar-refractivity contribution is 7.53. The monoisotopic (exact) mass is 360 g/mol. The average Bonchev–Trinajstić information content (AvgIpc) is 2.98. The maximum atomic E-state index is 12.3. The highest BCUT2D eigenvalue weighted by atomic mass is 31.2. The van der Waals surface area contributed by atoms with Gasteiger partial charge in [-0.2, -0.15) is 0 Å². The van der Waals surface area contributed by atoms with Crippen molar-refractivity contribution < 1.29 is 23.1 Å². The third kappa shape index (κ3) is 4.52. The van der Waals surface area contributed by atoms with Crippen LogP contribution >= 0.6 is 7.60 Å². The van der Waals surface area contributed by atoms with Crippen molar-refractivity contribution in [2.24, 2.45) is 0 Å². The van der Waals surface area contributed by atoms with Gasteiger partial charge in [-0.1, -0.05) is 0 Å². The number of nitrogens with zero attached hydrogens (tertiary/aromatic N) is 1. The third-order valence-electron chi connectivity index (χ3n) is 3.17. The highest BCUT2D eigenvalue weighted by Gasteiger charge is 2.28. The van der Waals surface area contributed by atoms with Crippen LogP contribution in [-0.4, -0.2) is 35.4 Å². The second-order valence-corrected chi connectivity index (χ2v) is 7.00. The Balaban J connectivity index is 2.00. The summed E-state index contributed by atoms with van der Waals surface area (Å²) in [5.74, 6) is 0. The zero-order chi connectivity index (χ0) is 17.7. The van der Waals surface area contributed by atoms with E-state index in [2.05, 4.69) is 4.98 Å². The van der Waals surface area contributed by atoms with Gasteiger partial charge in [0.2, 0.25) is 0 Å². The summed E-state index contributed by atoms with van der Waals surface area (Å²) in [4.78, 5) is 25.4. The van der Waals surface area contributed by atoms with Crippen LogP contribution in [-0.2, 0) is 23.1 Å². The molecule has 134 valence electrons. The molecule has 10 heteroatoms. The van der Waals surface area contributed by atoms with E-state index in [1.54, 1.807) is 32.9 Å². The molecule has 0 spiro atoms. The number of rotatable bonds is 8. The molecular formula is C14H21N2O7P. The molecule has 0 aromatic carbocycles. The first-order valence-corrected chi connectivity index (χ1v) is 9.27. The van der Waals surface area contributed by atoms with E-state index in [1.165, 1.54) is 10.8 Å². The second-order valence-electron chi connectivity index (χ2n) is 5.00. The predicted molar refractivity (Wildman–Crippen MR) is 85.9 cm³/mol. The van der Waals surface area contributed by atoms with Crippen molar-refractivity contribution in [3.63, 3.8) is 0 Å². The van der Waals surface area contributed by atoms with E-state index in [-0.39, 0.29) is 19.6 Å². The smallest absolute Gasteiger partial charge is 0.336 e. The summed E-state index contributed by atoms with van der Waals surface area (Å²) in [6.07, 6.45) is 2.80. The third-order valence-corrected chi connectivity index (χ3v) is 4.94. The Morgan fingerprint density at radius 3 is 2.54 bits per heavy atom. The van der Waals surface area contributed by atoms with E-state index in [0.717, 1.165) is 0 Å². The number of aromatic nitrogens is 2. The van der Waals surface area contributed by atoms with Crippen LogP contribution in [0.15, 0.2) is 27.9 Å². The number of hydrogen-bond acceptors (Lipinski definition) is 7. The first-order chi connectivity index (χ1) is 11.4. The topological polar surface area (TPSA) is 109 Å². The molecule has 2 heterocycles. The Bertz CT molecular complexity index is 744. The van der Waals surface area contributed by atoms with Crippen molar-refractivity contribution in [1.29, 1.82) is 0 Å². The minimum absolute atomic E-state index is 0.233. The molecule has 0 fully saturated rings. The molecule has 0 bridgehead atoms. The predicted octanol–water partition coefficient (Wildman–Crippen LogP) is 1.50. The van der Waals surface area contributed by atoms with Crippen LogP contribution in [0, 0.1) is 6.92 Å². The van der Waals surface area contributed by atoms with Crippen molar-refractivity contribution in [3.05, 3.63) is 44.8 Å². The van der Waals surface area contributed by atoms with E-state index >= 15 is 0 Å². The van der Waals surface area contributed by atoms with Gasteiger partial charge in [0.25, 0.3) is 5.56 Å². The zero-order valence-electron chi connectivity index (χ0n) is 13.8. The van der Waals surface area contributed by atoms with Gasteiger partial charge in [0.05, 0.1) is 13.2 Å². The lowest BCUT2D eigenvalue weighted by molar-refractivity contribution is -0.128. The van der Waals surface area contributed by atoms with Crippen LogP contribution < -0.4 is 11.2 Å². The maximum absolute atomic E-state index is 12.3. The normalized spacial score (nSPS) is 20.6. The first kappa shape index (κ1) is 18.8. The van der Waals surface area contributed by atoms with Crippen LogP contribution in [0.25, 0.3) is 0 Å². The van der Waals surface area contributed by atoms with E-state index in [0.29, 0.717) is 5.56 Å². The molecule has 1 aliphatic heterocycles. The molecule has 1 aliphatic rings. The van der Waals surface area contributed by atoms with Crippen molar-refractivity contribution >= 4 is 7.60 Å². The molecule has 24 heavy (non-hydrogen) atoms. The Morgan fingerprint density at radius 2 is 1.92 bits per heavy atom. The largest absolute Gasteiger partial charge is 0.356 e. The lowest BCUT2D eigenvalue weighted by Gasteiger charge is -2.20. The van der Waals surface area contributed by atoms with Gasteiger partial charge in [-0.25, -0.2) is 4.79 Å².